The van der Waals surface area contributed by atoms with Crippen LogP contribution >= 0.6 is 0 Å². The number of aliphatic hydroxyl groups excluding tert-OH is 1. The number of benzene rings is 2. The van der Waals surface area contributed by atoms with E-state index in [1.54, 1.807) is 0 Å². The summed E-state index contributed by atoms with van der Waals surface area (Å²) < 4.78 is 0. The van der Waals surface area contributed by atoms with Crippen molar-refractivity contribution in [2.45, 2.75) is 32.5 Å². The fourth-order valence-corrected chi connectivity index (χ4v) is 4.51. The normalized spacial score (nSPS) is 17.4. The summed E-state index contributed by atoms with van der Waals surface area (Å²) in [5, 5.41) is 9.63. The van der Waals surface area contributed by atoms with E-state index in [1.807, 2.05) is 19.1 Å². The van der Waals surface area contributed by atoms with Gasteiger partial charge in [0.15, 0.2) is 0 Å². The molecule has 3 aromatic rings. The highest BCUT2D eigenvalue weighted by Gasteiger charge is 2.27. The first kappa shape index (κ1) is 22.5. The second-order valence-electron chi connectivity index (χ2n) is 8.70. The van der Waals surface area contributed by atoms with E-state index in [0.717, 1.165) is 50.5 Å². The summed E-state index contributed by atoms with van der Waals surface area (Å²) in [6.07, 6.45) is 0.795. The van der Waals surface area contributed by atoms with E-state index in [4.69, 9.17) is 0 Å². The van der Waals surface area contributed by atoms with Crippen LogP contribution in [-0.4, -0.2) is 59.2 Å². The van der Waals surface area contributed by atoms with Crippen LogP contribution in [0.2, 0.25) is 0 Å². The Bertz CT molecular complexity index is 976. The summed E-state index contributed by atoms with van der Waals surface area (Å²) in [6, 6.07) is 25.9. The monoisotopic (exact) mass is 430 g/mol. The van der Waals surface area contributed by atoms with Crippen LogP contribution < -0.4 is 4.90 Å². The number of anilines is 2. The number of nitrogens with zero attached hydrogens (tertiary/aromatic N) is 4. The van der Waals surface area contributed by atoms with E-state index in [-0.39, 0.29) is 6.61 Å². The maximum Gasteiger partial charge on any atom is 0.0547 e. The van der Waals surface area contributed by atoms with Crippen molar-refractivity contribution >= 4 is 11.4 Å². The number of rotatable bonds is 8. The van der Waals surface area contributed by atoms with E-state index in [2.05, 4.69) is 87.4 Å². The molecule has 1 atom stereocenters. The molecule has 1 aromatic heterocycles. The molecule has 0 unspecified atom stereocenters. The lowest BCUT2D eigenvalue weighted by Crippen LogP contribution is -2.52. The van der Waals surface area contributed by atoms with Gasteiger partial charge in [-0.25, -0.2) is 0 Å². The summed E-state index contributed by atoms with van der Waals surface area (Å²) in [5.74, 6) is 0. The van der Waals surface area contributed by atoms with Gasteiger partial charge in [0.05, 0.1) is 5.69 Å². The second-order valence-corrected chi connectivity index (χ2v) is 8.70. The maximum atomic E-state index is 9.63. The highest BCUT2D eigenvalue weighted by Crippen LogP contribution is 2.24. The molecular formula is C27H34N4O. The van der Waals surface area contributed by atoms with Crippen molar-refractivity contribution in [3.05, 3.63) is 89.7 Å². The van der Waals surface area contributed by atoms with Gasteiger partial charge in [-0.3, -0.25) is 14.8 Å². The van der Waals surface area contributed by atoms with Gasteiger partial charge in [0, 0.05) is 69.5 Å². The van der Waals surface area contributed by atoms with Gasteiger partial charge < -0.3 is 10.0 Å². The number of hydrogen-bond donors (Lipinski definition) is 1. The molecule has 1 saturated heterocycles. The molecule has 5 nitrogen and oxygen atoms in total. The molecule has 168 valence electrons. The molecule has 1 aliphatic rings. The van der Waals surface area contributed by atoms with Crippen LogP contribution in [0, 0.1) is 6.92 Å². The fraction of sp³-hybridized carbons (Fsp3) is 0.370. The SMILES string of the molecule is Cc1cccc(CN2CCN(Cc3ccc(N(C)c4ccccc4)cc3)C[C@H]2CCO)n1. The molecule has 0 spiro atoms. The lowest BCUT2D eigenvalue weighted by Gasteiger charge is -2.41. The third kappa shape index (κ3) is 5.74. The molecule has 5 heteroatoms. The minimum Gasteiger partial charge on any atom is -0.396 e. The molecule has 0 radical (unpaired) electrons. The molecule has 0 saturated carbocycles. The zero-order chi connectivity index (χ0) is 22.3. The van der Waals surface area contributed by atoms with Crippen molar-refractivity contribution in [2.24, 2.45) is 0 Å². The molecule has 1 aliphatic heterocycles. The number of pyridine rings is 1. The summed E-state index contributed by atoms with van der Waals surface area (Å²) >= 11 is 0. The minimum atomic E-state index is 0.219. The third-order valence-corrected chi connectivity index (χ3v) is 6.34. The Morgan fingerprint density at radius 3 is 2.38 bits per heavy atom. The summed E-state index contributed by atoms with van der Waals surface area (Å²) in [6.45, 7) is 7.04. The zero-order valence-corrected chi connectivity index (χ0v) is 19.2. The molecular weight excluding hydrogens is 396 g/mol. The predicted molar refractivity (Wildman–Crippen MR) is 131 cm³/mol. The Balaban J connectivity index is 1.36. The standard InChI is InChI=1S/C27H34N4O/c1-22-7-6-8-24(28-22)20-31-17-16-30(21-27(31)15-18-32)19-23-11-13-26(14-12-23)29(2)25-9-4-3-5-10-25/h3-14,27,32H,15-21H2,1-2H3/t27-/m1/s1. The topological polar surface area (TPSA) is 42.8 Å². The summed E-state index contributed by atoms with van der Waals surface area (Å²) in [4.78, 5) is 11.9. The van der Waals surface area contributed by atoms with Crippen LogP contribution in [-0.2, 0) is 13.1 Å². The molecule has 1 N–H and O–H groups in total. The third-order valence-electron chi connectivity index (χ3n) is 6.34. The Morgan fingerprint density at radius 2 is 1.66 bits per heavy atom. The lowest BCUT2D eigenvalue weighted by molar-refractivity contribution is 0.0491. The quantitative estimate of drug-likeness (QED) is 0.579. The van der Waals surface area contributed by atoms with Gasteiger partial charge in [-0.1, -0.05) is 36.4 Å². The number of piperazine rings is 1. The van der Waals surface area contributed by atoms with Crippen LogP contribution in [0.15, 0.2) is 72.8 Å². The molecule has 2 heterocycles. The fourth-order valence-electron chi connectivity index (χ4n) is 4.51. The number of para-hydroxylation sites is 1. The zero-order valence-electron chi connectivity index (χ0n) is 19.2. The van der Waals surface area contributed by atoms with E-state index in [0.29, 0.717) is 6.04 Å². The van der Waals surface area contributed by atoms with Crippen LogP contribution in [0.4, 0.5) is 11.4 Å². The summed E-state index contributed by atoms with van der Waals surface area (Å²) in [7, 11) is 2.10. The van der Waals surface area contributed by atoms with Crippen molar-refractivity contribution in [1.82, 2.24) is 14.8 Å². The number of aliphatic hydroxyl groups is 1. The van der Waals surface area contributed by atoms with Crippen molar-refractivity contribution in [2.75, 3.05) is 38.2 Å². The van der Waals surface area contributed by atoms with E-state index >= 15 is 0 Å². The minimum absolute atomic E-state index is 0.219. The first-order valence-corrected chi connectivity index (χ1v) is 11.5. The van der Waals surface area contributed by atoms with Crippen molar-refractivity contribution in [1.29, 1.82) is 0 Å². The first-order chi connectivity index (χ1) is 15.6. The van der Waals surface area contributed by atoms with Gasteiger partial charge in [-0.2, -0.15) is 0 Å². The molecule has 0 amide bonds. The average Bonchev–Trinajstić information content (AvgIpc) is 2.82. The molecule has 32 heavy (non-hydrogen) atoms. The van der Waals surface area contributed by atoms with Gasteiger partial charge in [0.25, 0.3) is 0 Å². The molecule has 2 aromatic carbocycles. The average molecular weight is 431 g/mol. The lowest BCUT2D eigenvalue weighted by atomic mass is 10.1. The summed E-state index contributed by atoms with van der Waals surface area (Å²) in [5.41, 5.74) is 5.87. The molecule has 0 aliphatic carbocycles. The van der Waals surface area contributed by atoms with Crippen LogP contribution in [0.1, 0.15) is 23.4 Å². The highest BCUT2D eigenvalue weighted by molar-refractivity contribution is 5.62. The van der Waals surface area contributed by atoms with Gasteiger partial charge in [0.1, 0.15) is 0 Å². The van der Waals surface area contributed by atoms with Gasteiger partial charge >= 0.3 is 0 Å². The smallest absolute Gasteiger partial charge is 0.0547 e. The Morgan fingerprint density at radius 1 is 0.906 bits per heavy atom. The van der Waals surface area contributed by atoms with Crippen LogP contribution in [0.5, 0.6) is 0 Å². The molecule has 4 rings (SSSR count). The van der Waals surface area contributed by atoms with Crippen molar-refractivity contribution < 1.29 is 5.11 Å². The number of hydrogen-bond acceptors (Lipinski definition) is 5. The molecule has 0 bridgehead atoms. The van der Waals surface area contributed by atoms with Gasteiger partial charge in [0.2, 0.25) is 0 Å². The van der Waals surface area contributed by atoms with Crippen LogP contribution in [0.3, 0.4) is 0 Å². The Hall–Kier alpha value is -2.73. The number of aromatic nitrogens is 1. The van der Waals surface area contributed by atoms with Crippen molar-refractivity contribution in [3.63, 3.8) is 0 Å². The molecule has 1 fully saturated rings. The largest absolute Gasteiger partial charge is 0.396 e. The van der Waals surface area contributed by atoms with Crippen molar-refractivity contribution in [3.8, 4) is 0 Å². The number of aryl methyl sites for hydroxylation is 1. The Labute approximate surface area is 191 Å². The highest BCUT2D eigenvalue weighted by atomic mass is 16.3. The second kappa shape index (κ2) is 10.7. The van der Waals surface area contributed by atoms with E-state index < -0.39 is 0 Å². The van der Waals surface area contributed by atoms with Gasteiger partial charge in [-0.15, -0.1) is 0 Å². The predicted octanol–water partition coefficient (Wildman–Crippen LogP) is 4.23. The van der Waals surface area contributed by atoms with Crippen LogP contribution in [0.25, 0.3) is 0 Å². The Kier molecular flexibility index (Phi) is 7.53. The first-order valence-electron chi connectivity index (χ1n) is 11.5. The maximum absolute atomic E-state index is 9.63. The van der Waals surface area contributed by atoms with E-state index in [9.17, 15) is 5.11 Å². The van der Waals surface area contributed by atoms with Gasteiger partial charge in [-0.05, 0) is 55.3 Å². The van der Waals surface area contributed by atoms with E-state index in [1.165, 1.54) is 16.9 Å².